The van der Waals surface area contributed by atoms with Gasteiger partial charge >= 0.3 is 0 Å². The average Bonchev–Trinajstić information content (AvgIpc) is 2.80. The Morgan fingerprint density at radius 3 is 2.60 bits per heavy atom. The van der Waals surface area contributed by atoms with Crippen LogP contribution in [0.5, 0.6) is 0 Å². The Morgan fingerprint density at radius 1 is 1.30 bits per heavy atom. The predicted octanol–water partition coefficient (Wildman–Crippen LogP) is 3.29. The van der Waals surface area contributed by atoms with E-state index >= 15 is 0 Å². The maximum Gasteiger partial charge on any atom is 0.129 e. The summed E-state index contributed by atoms with van der Waals surface area (Å²) >= 11 is 0. The van der Waals surface area contributed by atoms with Crippen molar-refractivity contribution in [3.63, 3.8) is 0 Å². The number of aromatic nitrogens is 2. The highest BCUT2D eigenvalue weighted by Crippen LogP contribution is 2.31. The maximum absolute atomic E-state index is 14.3. The largest absolute Gasteiger partial charge is 0.395 e. The van der Waals surface area contributed by atoms with Gasteiger partial charge < -0.3 is 9.67 Å². The van der Waals surface area contributed by atoms with E-state index in [1.54, 1.807) is 13.3 Å². The normalized spacial score (nSPS) is 11.9. The molecule has 2 rings (SSSR count). The van der Waals surface area contributed by atoms with Gasteiger partial charge in [-0.15, -0.1) is 0 Å². The highest BCUT2D eigenvalue weighted by molar-refractivity contribution is 5.61. The second-order valence-electron chi connectivity index (χ2n) is 6.13. The third-order valence-corrected chi connectivity index (χ3v) is 3.35. The molecule has 2 aromatic rings. The van der Waals surface area contributed by atoms with Crippen LogP contribution in [0.1, 0.15) is 31.9 Å². The third-order valence-electron chi connectivity index (χ3n) is 3.35. The second kappa shape index (κ2) is 5.37. The summed E-state index contributed by atoms with van der Waals surface area (Å²) in [5, 5.41) is 8.93. The van der Waals surface area contributed by atoms with Crippen LogP contribution in [-0.4, -0.2) is 21.3 Å². The van der Waals surface area contributed by atoms with Crippen molar-refractivity contribution in [1.82, 2.24) is 9.55 Å². The lowest BCUT2D eigenvalue weighted by Crippen LogP contribution is -2.14. The molecular weight excluding hydrogens is 255 g/mol. The SMILES string of the molecule is Cc1cc(-c2cn(CCO)cn2)cc(C(C)(C)C)c1F. The number of rotatable bonds is 3. The van der Waals surface area contributed by atoms with E-state index < -0.39 is 0 Å². The van der Waals surface area contributed by atoms with Crippen LogP contribution in [0, 0.1) is 12.7 Å². The molecule has 108 valence electrons. The maximum atomic E-state index is 14.3. The molecular formula is C16H21FN2O. The topological polar surface area (TPSA) is 38.0 Å². The second-order valence-corrected chi connectivity index (χ2v) is 6.13. The summed E-state index contributed by atoms with van der Waals surface area (Å²) in [5.41, 5.74) is 2.78. The van der Waals surface area contributed by atoms with Gasteiger partial charge in [0.2, 0.25) is 0 Å². The summed E-state index contributed by atoms with van der Waals surface area (Å²) in [6, 6.07) is 3.68. The van der Waals surface area contributed by atoms with Crippen molar-refractivity contribution in [3.8, 4) is 11.3 Å². The lowest BCUT2D eigenvalue weighted by Gasteiger charge is -2.21. The van der Waals surface area contributed by atoms with Gasteiger partial charge in [0.15, 0.2) is 0 Å². The summed E-state index contributed by atoms with van der Waals surface area (Å²) in [6.07, 6.45) is 3.55. The molecule has 4 heteroatoms. The molecule has 20 heavy (non-hydrogen) atoms. The first-order valence-corrected chi connectivity index (χ1v) is 6.76. The lowest BCUT2D eigenvalue weighted by atomic mass is 9.84. The molecule has 0 aliphatic rings. The first kappa shape index (κ1) is 14.7. The van der Waals surface area contributed by atoms with Crippen LogP contribution in [0.4, 0.5) is 4.39 Å². The molecule has 1 heterocycles. The summed E-state index contributed by atoms with van der Waals surface area (Å²) in [5.74, 6) is -0.143. The molecule has 0 radical (unpaired) electrons. The van der Waals surface area contributed by atoms with Crippen LogP contribution in [0.3, 0.4) is 0 Å². The Kier molecular flexibility index (Phi) is 3.95. The van der Waals surface area contributed by atoms with Crippen molar-refractivity contribution in [3.05, 3.63) is 41.6 Å². The van der Waals surface area contributed by atoms with Crippen LogP contribution >= 0.6 is 0 Å². The van der Waals surface area contributed by atoms with Crippen molar-refractivity contribution in [2.45, 2.75) is 39.7 Å². The van der Waals surface area contributed by atoms with Crippen molar-refractivity contribution >= 4 is 0 Å². The van der Waals surface area contributed by atoms with Crippen LogP contribution in [-0.2, 0) is 12.0 Å². The number of hydrogen-bond acceptors (Lipinski definition) is 2. The minimum atomic E-state index is -0.251. The van der Waals surface area contributed by atoms with Gasteiger partial charge in [-0.05, 0) is 35.6 Å². The van der Waals surface area contributed by atoms with E-state index in [0.717, 1.165) is 11.3 Å². The molecule has 0 aliphatic heterocycles. The highest BCUT2D eigenvalue weighted by atomic mass is 19.1. The molecule has 0 saturated carbocycles. The number of nitrogens with zero attached hydrogens (tertiary/aromatic N) is 2. The van der Waals surface area contributed by atoms with E-state index in [0.29, 0.717) is 17.7 Å². The van der Waals surface area contributed by atoms with Gasteiger partial charge in [0.25, 0.3) is 0 Å². The van der Waals surface area contributed by atoms with Gasteiger partial charge in [-0.2, -0.15) is 0 Å². The zero-order valence-electron chi connectivity index (χ0n) is 12.4. The molecule has 0 atom stereocenters. The monoisotopic (exact) mass is 276 g/mol. The Bertz CT molecular complexity index is 611. The molecule has 0 spiro atoms. The standard InChI is InChI=1S/C16H21FN2O/c1-11-7-12(8-13(15(11)17)16(2,3)4)14-9-19(5-6-20)10-18-14/h7-10,20H,5-6H2,1-4H3. The third kappa shape index (κ3) is 2.90. The van der Waals surface area contributed by atoms with E-state index in [1.807, 2.05) is 43.7 Å². The summed E-state index contributed by atoms with van der Waals surface area (Å²) in [4.78, 5) is 4.33. The molecule has 0 aliphatic carbocycles. The zero-order valence-corrected chi connectivity index (χ0v) is 12.4. The highest BCUT2D eigenvalue weighted by Gasteiger charge is 2.21. The van der Waals surface area contributed by atoms with Crippen molar-refractivity contribution in [2.75, 3.05) is 6.61 Å². The Hall–Kier alpha value is -1.68. The quantitative estimate of drug-likeness (QED) is 0.934. The van der Waals surface area contributed by atoms with E-state index in [1.165, 1.54) is 0 Å². The molecule has 0 bridgehead atoms. The molecule has 0 amide bonds. The van der Waals surface area contributed by atoms with E-state index in [4.69, 9.17) is 5.11 Å². The molecule has 0 fully saturated rings. The molecule has 3 nitrogen and oxygen atoms in total. The van der Waals surface area contributed by atoms with Crippen LogP contribution < -0.4 is 0 Å². The predicted molar refractivity (Wildman–Crippen MR) is 78.1 cm³/mol. The fraction of sp³-hybridized carbons (Fsp3) is 0.438. The van der Waals surface area contributed by atoms with Gasteiger partial charge in [-0.1, -0.05) is 20.8 Å². The van der Waals surface area contributed by atoms with Gasteiger partial charge in [0, 0.05) is 18.3 Å². The zero-order chi connectivity index (χ0) is 14.9. The molecule has 0 saturated heterocycles. The minimum absolute atomic E-state index is 0.0749. The average molecular weight is 276 g/mol. The van der Waals surface area contributed by atoms with Gasteiger partial charge in [0.1, 0.15) is 5.82 Å². The van der Waals surface area contributed by atoms with Crippen LogP contribution in [0.2, 0.25) is 0 Å². The first-order chi connectivity index (χ1) is 9.32. The lowest BCUT2D eigenvalue weighted by molar-refractivity contribution is 0.276. The van der Waals surface area contributed by atoms with Crippen LogP contribution in [0.25, 0.3) is 11.3 Å². The number of aliphatic hydroxyl groups excluding tert-OH is 1. The summed E-state index contributed by atoms with van der Waals surface area (Å²) < 4.78 is 16.1. The Morgan fingerprint density at radius 2 is 2.00 bits per heavy atom. The number of benzene rings is 1. The van der Waals surface area contributed by atoms with Gasteiger partial charge in [0.05, 0.1) is 18.6 Å². The Labute approximate surface area is 119 Å². The van der Waals surface area contributed by atoms with E-state index in [2.05, 4.69) is 4.98 Å². The number of aliphatic hydroxyl groups is 1. The van der Waals surface area contributed by atoms with Crippen molar-refractivity contribution in [2.24, 2.45) is 0 Å². The van der Waals surface area contributed by atoms with Gasteiger partial charge in [-0.25, -0.2) is 9.37 Å². The minimum Gasteiger partial charge on any atom is -0.395 e. The molecule has 1 N–H and O–H groups in total. The number of imidazole rings is 1. The molecule has 1 aromatic heterocycles. The number of hydrogen-bond donors (Lipinski definition) is 1. The van der Waals surface area contributed by atoms with Crippen molar-refractivity contribution in [1.29, 1.82) is 0 Å². The Balaban J connectivity index is 2.49. The summed E-state index contributed by atoms with van der Waals surface area (Å²) in [6.45, 7) is 8.36. The van der Waals surface area contributed by atoms with Crippen molar-refractivity contribution < 1.29 is 9.50 Å². The number of aryl methyl sites for hydroxylation is 1. The summed E-state index contributed by atoms with van der Waals surface area (Å²) in [7, 11) is 0. The number of halogens is 1. The first-order valence-electron chi connectivity index (χ1n) is 6.76. The fourth-order valence-electron chi connectivity index (χ4n) is 2.21. The van der Waals surface area contributed by atoms with E-state index in [-0.39, 0.29) is 17.8 Å². The van der Waals surface area contributed by atoms with E-state index in [9.17, 15) is 4.39 Å². The molecule has 0 unspecified atom stereocenters. The van der Waals surface area contributed by atoms with Crippen LogP contribution in [0.15, 0.2) is 24.7 Å². The fourth-order valence-corrected chi connectivity index (χ4v) is 2.21. The van der Waals surface area contributed by atoms with Gasteiger partial charge in [-0.3, -0.25) is 0 Å². The smallest absolute Gasteiger partial charge is 0.129 e. The molecule has 1 aromatic carbocycles.